The van der Waals surface area contributed by atoms with Crippen molar-refractivity contribution in [3.63, 3.8) is 0 Å². The van der Waals surface area contributed by atoms with Crippen LogP contribution in [0.4, 0.5) is 5.82 Å². The molecule has 0 fully saturated rings. The number of rotatable bonds is 2. The van der Waals surface area contributed by atoms with Crippen molar-refractivity contribution in [2.24, 2.45) is 7.02 Å². The molecule has 2 rings (SSSR count). The second-order valence-corrected chi connectivity index (χ2v) is 4.58. The lowest BCUT2D eigenvalue weighted by atomic mass is 10.2. The first-order valence-corrected chi connectivity index (χ1v) is 5.97. The van der Waals surface area contributed by atoms with Crippen LogP contribution in [0.3, 0.4) is 0 Å². The predicted octanol–water partition coefficient (Wildman–Crippen LogP) is 0.940. The normalized spacial score (nSPS) is 11.3. The zero-order valence-corrected chi connectivity index (χ0v) is 11.1. The Labute approximate surface area is 113 Å². The van der Waals surface area contributed by atoms with Gasteiger partial charge in [-0.2, -0.15) is 0 Å². The molecule has 0 amide bonds. The maximum absolute atomic E-state index is 12.1. The number of hydrogen-bond donors (Lipinski definition) is 1. The molecule has 0 spiro atoms. The first-order chi connectivity index (χ1) is 9.06. The van der Waals surface area contributed by atoms with Crippen molar-refractivity contribution < 1.29 is 1.37 Å². The zero-order chi connectivity index (χ0) is 14.0. The number of nitrogen functional groups attached to an aromatic ring is 1. The van der Waals surface area contributed by atoms with Gasteiger partial charge in [0.1, 0.15) is 10.3 Å². The smallest absolute Gasteiger partial charge is 0.332 e. The fourth-order valence-corrected chi connectivity index (χ4v) is 2.03. The summed E-state index contributed by atoms with van der Waals surface area (Å²) in [5.41, 5.74) is 5.52. The van der Waals surface area contributed by atoms with E-state index < -0.39 is 18.3 Å². The van der Waals surface area contributed by atoms with E-state index in [4.69, 9.17) is 7.10 Å². The Morgan fingerprint density at radius 3 is 2.61 bits per heavy atom. The minimum atomic E-state index is -0.582. The van der Waals surface area contributed by atoms with Gasteiger partial charge in [0.25, 0.3) is 5.56 Å². The highest BCUT2D eigenvalue weighted by molar-refractivity contribution is 9.10. The molecule has 0 aliphatic heterocycles. The number of halogens is 1. The van der Waals surface area contributed by atoms with Crippen LogP contribution in [-0.4, -0.2) is 9.13 Å². The van der Waals surface area contributed by atoms with Gasteiger partial charge in [-0.25, -0.2) is 4.79 Å². The summed E-state index contributed by atoms with van der Waals surface area (Å²) >= 11 is 3.07. The highest BCUT2D eigenvalue weighted by atomic mass is 79.9. The van der Waals surface area contributed by atoms with E-state index in [9.17, 15) is 9.59 Å². The Bertz CT molecular complexity index is 709. The molecule has 2 aromatic rings. The highest BCUT2D eigenvalue weighted by Crippen LogP contribution is 2.13. The van der Waals surface area contributed by atoms with Crippen LogP contribution in [0.5, 0.6) is 0 Å². The van der Waals surface area contributed by atoms with Crippen LogP contribution >= 0.6 is 15.9 Å². The van der Waals surface area contributed by atoms with E-state index >= 15 is 0 Å². The van der Waals surface area contributed by atoms with Gasteiger partial charge >= 0.3 is 5.69 Å². The summed E-state index contributed by atoms with van der Waals surface area (Å²) in [6, 6.07) is 9.29. The van der Waals surface area contributed by atoms with Gasteiger partial charge in [-0.15, -0.1) is 0 Å². The molecule has 0 unspecified atom stereocenters. The zero-order valence-electron chi connectivity index (χ0n) is 10.5. The number of anilines is 1. The summed E-state index contributed by atoms with van der Waals surface area (Å²) in [5, 5.41) is 0. The molecule has 1 aromatic heterocycles. The molecule has 0 atom stereocenters. The molecule has 0 aliphatic carbocycles. The van der Waals surface area contributed by atoms with E-state index in [0.29, 0.717) is 0 Å². The SMILES string of the molecule is [2H]Cn1c(=O)c(Br)c(N)n(Cc2ccccc2)c1=O. The van der Waals surface area contributed by atoms with Gasteiger partial charge in [-0.3, -0.25) is 13.9 Å². The summed E-state index contributed by atoms with van der Waals surface area (Å²) in [7, 11) is -0.439. The monoisotopic (exact) mass is 310 g/mol. The Balaban J connectivity index is 2.61. The molecule has 18 heavy (non-hydrogen) atoms. The van der Waals surface area contributed by atoms with E-state index in [1.807, 2.05) is 30.3 Å². The minimum absolute atomic E-state index is 0.0727. The van der Waals surface area contributed by atoms with Crippen LogP contribution in [0, 0.1) is 0 Å². The summed E-state index contributed by atoms with van der Waals surface area (Å²) in [4.78, 5) is 23.9. The molecule has 2 N–H and O–H groups in total. The molecule has 1 aromatic carbocycles. The number of aromatic nitrogens is 2. The predicted molar refractivity (Wildman–Crippen MR) is 73.6 cm³/mol. The molecular formula is C12H12BrN3O2. The fraction of sp³-hybridized carbons (Fsp3) is 0.167. The van der Waals surface area contributed by atoms with Crippen LogP contribution in [0.25, 0.3) is 0 Å². The Kier molecular flexibility index (Phi) is 3.02. The molecule has 0 radical (unpaired) electrons. The highest BCUT2D eigenvalue weighted by Gasteiger charge is 2.12. The second kappa shape index (κ2) is 4.81. The Morgan fingerprint density at radius 1 is 1.33 bits per heavy atom. The molecule has 0 bridgehead atoms. The molecule has 0 aliphatic rings. The summed E-state index contributed by atoms with van der Waals surface area (Å²) in [6.07, 6.45) is 0. The standard InChI is InChI=1S/C12H12BrN3O2/c1-15-11(17)9(13)10(14)16(12(15)18)7-8-5-3-2-4-6-8/h2-6H,7,14H2,1H3/i1D. The number of benzene rings is 1. The second-order valence-electron chi connectivity index (χ2n) is 3.79. The lowest BCUT2D eigenvalue weighted by Crippen LogP contribution is -2.40. The van der Waals surface area contributed by atoms with Gasteiger partial charge in [0.2, 0.25) is 0 Å². The molecular weight excluding hydrogens is 298 g/mol. The third-order valence-corrected chi connectivity index (χ3v) is 3.34. The average molecular weight is 311 g/mol. The lowest BCUT2D eigenvalue weighted by Gasteiger charge is -2.12. The van der Waals surface area contributed by atoms with Gasteiger partial charge in [-0.1, -0.05) is 30.3 Å². The maximum atomic E-state index is 12.1. The van der Waals surface area contributed by atoms with Crippen LogP contribution in [-0.2, 0) is 13.6 Å². The van der Waals surface area contributed by atoms with Crippen molar-refractivity contribution >= 4 is 21.7 Å². The van der Waals surface area contributed by atoms with Crippen LogP contribution in [0.2, 0.25) is 0 Å². The van der Waals surface area contributed by atoms with E-state index in [1.165, 1.54) is 4.57 Å². The molecule has 0 saturated heterocycles. The van der Waals surface area contributed by atoms with Crippen LogP contribution < -0.4 is 17.0 Å². The topological polar surface area (TPSA) is 70.0 Å². The van der Waals surface area contributed by atoms with Crippen LogP contribution in [0.1, 0.15) is 6.93 Å². The molecule has 6 heteroatoms. The summed E-state index contributed by atoms with van der Waals surface area (Å²) in [6.45, 7) is 0.254. The molecule has 1 heterocycles. The molecule has 0 saturated carbocycles. The van der Waals surface area contributed by atoms with E-state index in [0.717, 1.165) is 10.1 Å². The van der Waals surface area contributed by atoms with E-state index in [-0.39, 0.29) is 16.8 Å². The van der Waals surface area contributed by atoms with Crippen LogP contribution in [0.15, 0.2) is 44.4 Å². The van der Waals surface area contributed by atoms with Crippen molar-refractivity contribution in [3.8, 4) is 0 Å². The first kappa shape index (κ1) is 11.3. The number of nitrogens with two attached hydrogens (primary N) is 1. The van der Waals surface area contributed by atoms with Crippen molar-refractivity contribution in [1.82, 2.24) is 9.13 Å². The summed E-state index contributed by atoms with van der Waals surface area (Å²) < 4.78 is 9.46. The Morgan fingerprint density at radius 2 is 2.00 bits per heavy atom. The largest absolute Gasteiger partial charge is 0.384 e. The fourth-order valence-electron chi connectivity index (χ4n) is 1.60. The Hall–Kier alpha value is -1.82. The lowest BCUT2D eigenvalue weighted by molar-refractivity contribution is 0.650. The third kappa shape index (κ3) is 2.11. The van der Waals surface area contributed by atoms with Crippen molar-refractivity contribution in [2.75, 3.05) is 5.73 Å². The third-order valence-electron chi connectivity index (χ3n) is 2.59. The van der Waals surface area contributed by atoms with Gasteiger partial charge in [0, 0.05) is 8.39 Å². The quantitative estimate of drug-likeness (QED) is 0.897. The summed E-state index contributed by atoms with van der Waals surface area (Å²) in [5.74, 6) is 0.0727. The van der Waals surface area contributed by atoms with Gasteiger partial charge in [-0.05, 0) is 21.5 Å². The molecule has 94 valence electrons. The van der Waals surface area contributed by atoms with Crippen molar-refractivity contribution in [1.29, 1.82) is 0 Å². The van der Waals surface area contributed by atoms with Crippen molar-refractivity contribution in [2.45, 2.75) is 6.54 Å². The van der Waals surface area contributed by atoms with Crippen molar-refractivity contribution in [3.05, 3.63) is 61.2 Å². The average Bonchev–Trinajstić information content (AvgIpc) is 2.43. The van der Waals surface area contributed by atoms with Gasteiger partial charge < -0.3 is 5.73 Å². The minimum Gasteiger partial charge on any atom is -0.384 e. The first-order valence-electron chi connectivity index (χ1n) is 5.88. The van der Waals surface area contributed by atoms with Gasteiger partial charge in [0.15, 0.2) is 0 Å². The van der Waals surface area contributed by atoms with E-state index in [2.05, 4.69) is 15.9 Å². The number of nitrogens with zero attached hydrogens (tertiary/aromatic N) is 2. The van der Waals surface area contributed by atoms with Gasteiger partial charge in [0.05, 0.1) is 6.54 Å². The van der Waals surface area contributed by atoms with E-state index in [1.54, 1.807) is 0 Å². The maximum Gasteiger partial charge on any atom is 0.332 e. The molecule has 5 nitrogen and oxygen atoms in total. The number of hydrogen-bond acceptors (Lipinski definition) is 3.